The maximum atomic E-state index is 13.8. The lowest BCUT2D eigenvalue weighted by molar-refractivity contribution is -0.140. The van der Waals surface area contributed by atoms with Gasteiger partial charge in [0, 0.05) is 65.4 Å². The highest BCUT2D eigenvalue weighted by molar-refractivity contribution is 7.89. The summed E-state index contributed by atoms with van der Waals surface area (Å²) in [6, 6.07) is 3.68. The molecule has 0 radical (unpaired) electrons. The van der Waals surface area contributed by atoms with Crippen LogP contribution in [0.4, 0.5) is 0 Å². The molecule has 4 bridgehead atoms. The Morgan fingerprint density at radius 2 is 1.69 bits per heavy atom. The molecule has 13 nitrogen and oxygen atoms in total. The lowest BCUT2D eigenvalue weighted by atomic mass is 9.78. The third kappa shape index (κ3) is 6.67. The molecule has 1 N–H and O–H groups in total. The van der Waals surface area contributed by atoms with E-state index in [1.807, 2.05) is 17.0 Å². The first-order valence-corrected chi connectivity index (χ1v) is 16.9. The van der Waals surface area contributed by atoms with E-state index in [0.717, 1.165) is 39.3 Å². The molecular formula is C31H43N5O8S. The van der Waals surface area contributed by atoms with Crippen molar-refractivity contribution in [3.8, 4) is 11.5 Å². The van der Waals surface area contributed by atoms with Crippen LogP contribution in [0, 0.1) is 11.8 Å². The molecule has 2 saturated heterocycles. The zero-order valence-corrected chi connectivity index (χ0v) is 27.2. The number of nitrogens with one attached hydrogen (secondary N) is 1. The number of amides is 2. The molecule has 2 amide bonds. The van der Waals surface area contributed by atoms with Crippen LogP contribution in [-0.2, 0) is 46.5 Å². The van der Waals surface area contributed by atoms with E-state index in [1.165, 1.54) is 18.4 Å². The van der Waals surface area contributed by atoms with Gasteiger partial charge in [0.1, 0.15) is 0 Å². The number of carbonyl (C=O) groups is 2. The van der Waals surface area contributed by atoms with Crippen LogP contribution in [0.25, 0.3) is 0 Å². The molecule has 14 heteroatoms. The minimum absolute atomic E-state index is 0.00850. The van der Waals surface area contributed by atoms with Gasteiger partial charge in [-0.2, -0.15) is 4.31 Å². The maximum Gasteiger partial charge on any atom is 0.330 e. The number of benzene rings is 1. The van der Waals surface area contributed by atoms with Gasteiger partial charge in [0.05, 0.1) is 14.2 Å². The van der Waals surface area contributed by atoms with Gasteiger partial charge in [-0.1, -0.05) is 6.07 Å². The van der Waals surface area contributed by atoms with Gasteiger partial charge >= 0.3 is 5.69 Å². The smallest absolute Gasteiger partial charge is 0.330 e. The monoisotopic (exact) mass is 645 g/mol. The van der Waals surface area contributed by atoms with Crippen LogP contribution in [0.15, 0.2) is 32.8 Å². The molecule has 4 heterocycles. The van der Waals surface area contributed by atoms with E-state index in [0.29, 0.717) is 56.7 Å². The van der Waals surface area contributed by atoms with Crippen LogP contribution in [0.1, 0.15) is 49.7 Å². The first-order chi connectivity index (χ1) is 21.4. The third-order valence-corrected chi connectivity index (χ3v) is 11.2. The first kappa shape index (κ1) is 32.7. The standard InChI is InChI=1S/C31H43N5O8S/c1-33-19-26(30(39)34(2)31(33)40)45(41,42)35-16-21-14-23(18-35)24-8-5-9-27(37)32-12-6-7-22-13-20(10-11-28(38)36(24)17-21)15-25(43-3)29(22)44-4/h13,15,19,21,23-24H,5-12,14,16-18H2,1-4H3,(H,32,37)/t21-,23+,24-/m0/s1. The molecule has 0 unspecified atom stereocenters. The second kappa shape index (κ2) is 13.4. The number of fused-ring (bicyclic) bond motifs is 6. The fourth-order valence-corrected chi connectivity index (χ4v) is 8.87. The summed E-state index contributed by atoms with van der Waals surface area (Å²) in [6.45, 7) is 1.22. The summed E-state index contributed by atoms with van der Waals surface area (Å²) in [5.41, 5.74) is 0.445. The highest BCUT2D eigenvalue weighted by Crippen LogP contribution is 2.38. The highest BCUT2D eigenvalue weighted by Gasteiger charge is 2.45. The normalized spacial score (nSPS) is 23.6. The Morgan fingerprint density at radius 1 is 0.911 bits per heavy atom. The van der Waals surface area contributed by atoms with Gasteiger partial charge in [-0.3, -0.25) is 19.0 Å². The number of ether oxygens (including phenoxy) is 2. The Morgan fingerprint density at radius 3 is 2.42 bits per heavy atom. The van der Waals surface area contributed by atoms with Crippen molar-refractivity contribution in [2.75, 3.05) is 40.4 Å². The summed E-state index contributed by atoms with van der Waals surface area (Å²) in [4.78, 5) is 53.1. The number of aryl methyl sites for hydroxylation is 3. The summed E-state index contributed by atoms with van der Waals surface area (Å²) >= 11 is 0. The Balaban J connectivity index is 1.42. The fraction of sp³-hybridized carbons (Fsp3) is 0.613. The van der Waals surface area contributed by atoms with Gasteiger partial charge in [-0.15, -0.1) is 0 Å². The van der Waals surface area contributed by atoms with E-state index in [9.17, 15) is 27.6 Å². The Labute approximate surface area is 263 Å². The molecule has 2 fully saturated rings. The zero-order valence-electron chi connectivity index (χ0n) is 26.4. The summed E-state index contributed by atoms with van der Waals surface area (Å²) in [7, 11) is 1.65. The molecule has 0 saturated carbocycles. The molecule has 0 spiro atoms. The van der Waals surface area contributed by atoms with E-state index in [4.69, 9.17) is 9.47 Å². The molecule has 2 aromatic rings. The van der Waals surface area contributed by atoms with Gasteiger partial charge in [-0.05, 0) is 67.6 Å². The average molecular weight is 646 g/mol. The summed E-state index contributed by atoms with van der Waals surface area (Å²) < 4.78 is 42.0. The predicted molar refractivity (Wildman–Crippen MR) is 166 cm³/mol. The van der Waals surface area contributed by atoms with Crippen molar-refractivity contribution in [2.24, 2.45) is 25.9 Å². The van der Waals surface area contributed by atoms with Gasteiger partial charge < -0.3 is 24.3 Å². The lowest BCUT2D eigenvalue weighted by Crippen LogP contribution is -2.60. The molecule has 246 valence electrons. The van der Waals surface area contributed by atoms with E-state index >= 15 is 0 Å². The van der Waals surface area contributed by atoms with Gasteiger partial charge in [0.25, 0.3) is 5.56 Å². The van der Waals surface area contributed by atoms with Crippen molar-refractivity contribution in [3.05, 3.63) is 50.3 Å². The molecule has 3 atom stereocenters. The number of nitrogens with zero attached hydrogens (tertiary/aromatic N) is 4. The molecular weight excluding hydrogens is 602 g/mol. The van der Waals surface area contributed by atoms with Crippen LogP contribution < -0.4 is 26.0 Å². The minimum Gasteiger partial charge on any atom is -0.493 e. The number of hydrogen-bond acceptors (Lipinski definition) is 8. The first-order valence-electron chi connectivity index (χ1n) is 15.5. The number of hydrogen-bond donors (Lipinski definition) is 1. The number of sulfonamides is 1. The van der Waals surface area contributed by atoms with Gasteiger partial charge in [-0.25, -0.2) is 13.2 Å². The van der Waals surface area contributed by atoms with E-state index in [2.05, 4.69) is 5.32 Å². The molecule has 3 aliphatic heterocycles. The number of carbonyl (C=O) groups excluding carboxylic acids is 2. The quantitative estimate of drug-likeness (QED) is 0.514. The number of rotatable bonds is 4. The molecule has 3 aliphatic rings. The molecule has 1 aromatic heterocycles. The second-order valence-electron chi connectivity index (χ2n) is 12.4. The van der Waals surface area contributed by atoms with Gasteiger partial charge in [0.2, 0.25) is 21.8 Å². The van der Waals surface area contributed by atoms with Crippen LogP contribution in [-0.4, -0.2) is 85.0 Å². The van der Waals surface area contributed by atoms with Crippen molar-refractivity contribution in [1.29, 1.82) is 0 Å². The topological polar surface area (TPSA) is 149 Å². The van der Waals surface area contributed by atoms with E-state index in [1.54, 1.807) is 14.2 Å². The number of methoxy groups -OCH3 is 2. The Hall–Kier alpha value is -3.65. The zero-order chi connectivity index (χ0) is 32.5. The molecule has 45 heavy (non-hydrogen) atoms. The molecule has 1 aromatic carbocycles. The largest absolute Gasteiger partial charge is 0.493 e. The Bertz CT molecular complexity index is 1680. The summed E-state index contributed by atoms with van der Waals surface area (Å²) in [5, 5.41) is 2.99. The van der Waals surface area contributed by atoms with E-state index < -0.39 is 26.2 Å². The molecule has 5 rings (SSSR count). The van der Waals surface area contributed by atoms with Crippen molar-refractivity contribution in [2.45, 2.75) is 62.3 Å². The number of piperidine rings is 2. The van der Waals surface area contributed by atoms with Crippen LogP contribution >= 0.6 is 0 Å². The predicted octanol–water partition coefficient (Wildman–Crippen LogP) is 0.804. The second-order valence-corrected chi connectivity index (χ2v) is 14.3. The van der Waals surface area contributed by atoms with Crippen molar-refractivity contribution < 1.29 is 27.5 Å². The number of aromatic nitrogens is 2. The molecule has 0 aliphatic carbocycles. The fourth-order valence-electron chi connectivity index (χ4n) is 7.14. The third-order valence-electron chi connectivity index (χ3n) is 9.38. The van der Waals surface area contributed by atoms with Crippen molar-refractivity contribution in [3.63, 3.8) is 0 Å². The SMILES string of the molecule is COc1cc2cc(c1OC)CCCNC(=O)CCC[C@H]1[C@@H]3C[C@H](CN1C(=O)CC2)CN(S(=O)(=O)c1cn(C)c(=O)n(C)c1=O)C3. The minimum atomic E-state index is -4.20. The highest BCUT2D eigenvalue weighted by atomic mass is 32.2. The maximum absolute atomic E-state index is 13.8. The van der Waals surface area contributed by atoms with Crippen molar-refractivity contribution in [1.82, 2.24) is 23.7 Å². The average Bonchev–Trinajstić information content (AvgIpc) is 3.02. The summed E-state index contributed by atoms with van der Waals surface area (Å²) in [5.74, 6) is 0.900. The van der Waals surface area contributed by atoms with E-state index in [-0.39, 0.29) is 49.2 Å². The van der Waals surface area contributed by atoms with Crippen molar-refractivity contribution >= 4 is 21.8 Å². The summed E-state index contributed by atoms with van der Waals surface area (Å²) in [6.07, 6.45) is 5.45. The van der Waals surface area contributed by atoms with Gasteiger partial charge in [0.15, 0.2) is 16.4 Å². The van der Waals surface area contributed by atoms with Crippen LogP contribution in [0.2, 0.25) is 0 Å². The van der Waals surface area contributed by atoms with Crippen LogP contribution in [0.3, 0.4) is 0 Å². The lowest BCUT2D eigenvalue weighted by Gasteiger charge is -2.50. The Kier molecular flexibility index (Phi) is 9.73. The van der Waals surface area contributed by atoms with Crippen LogP contribution in [0.5, 0.6) is 11.5 Å².